The van der Waals surface area contributed by atoms with E-state index in [2.05, 4.69) is 0 Å². The Bertz CT molecular complexity index is 664. The molecule has 2 aromatic carbocycles. The molecular formula is C17H21NO3. The maximum atomic E-state index is 11.3. The molecule has 0 aliphatic carbocycles. The molecule has 21 heavy (non-hydrogen) atoms. The molecule has 0 bridgehead atoms. The molecule has 2 rings (SSSR count). The van der Waals surface area contributed by atoms with E-state index in [0.29, 0.717) is 6.42 Å². The molecule has 0 aliphatic heterocycles. The quantitative estimate of drug-likeness (QED) is 0.884. The van der Waals surface area contributed by atoms with Gasteiger partial charge in [-0.05, 0) is 37.3 Å². The molecule has 4 heteroatoms. The molecule has 0 saturated carbocycles. The lowest BCUT2D eigenvalue weighted by atomic mass is 9.83. The van der Waals surface area contributed by atoms with Crippen LogP contribution in [0.1, 0.15) is 31.9 Å². The molecular weight excluding hydrogens is 266 g/mol. The van der Waals surface area contributed by atoms with E-state index in [1.54, 1.807) is 21.0 Å². The first-order chi connectivity index (χ1) is 9.86. The van der Waals surface area contributed by atoms with Crippen LogP contribution in [0.15, 0.2) is 36.4 Å². The van der Waals surface area contributed by atoms with Gasteiger partial charge in [-0.2, -0.15) is 0 Å². The zero-order valence-corrected chi connectivity index (χ0v) is 12.6. The summed E-state index contributed by atoms with van der Waals surface area (Å²) in [7, 11) is 1.63. The van der Waals surface area contributed by atoms with Crippen LogP contribution in [-0.2, 0) is 4.79 Å². The molecule has 0 fully saturated rings. The average Bonchev–Trinajstić information content (AvgIpc) is 2.45. The first-order valence-corrected chi connectivity index (χ1v) is 6.91. The Labute approximate surface area is 124 Å². The predicted octanol–water partition coefficient (Wildman–Crippen LogP) is 3.35. The van der Waals surface area contributed by atoms with Crippen LogP contribution < -0.4 is 10.5 Å². The normalized spacial score (nSPS) is 13.1. The van der Waals surface area contributed by atoms with Gasteiger partial charge in [0.2, 0.25) is 0 Å². The van der Waals surface area contributed by atoms with Crippen molar-refractivity contribution in [3.8, 4) is 5.75 Å². The monoisotopic (exact) mass is 287 g/mol. The van der Waals surface area contributed by atoms with Crippen molar-refractivity contribution in [3.05, 3.63) is 42.0 Å². The molecule has 0 spiro atoms. The standard InChI is InChI=1S/C17H21NO3/c1-17(2,16(19)20)10-14(18)12-8-9-15(21-3)13-7-5-4-6-11(12)13/h4-9,14H,10,18H2,1-3H3,(H,19,20). The number of hydrogen-bond acceptors (Lipinski definition) is 3. The van der Waals surface area contributed by atoms with E-state index in [4.69, 9.17) is 10.5 Å². The van der Waals surface area contributed by atoms with Crippen molar-refractivity contribution in [2.45, 2.75) is 26.3 Å². The van der Waals surface area contributed by atoms with Gasteiger partial charge < -0.3 is 15.6 Å². The van der Waals surface area contributed by atoms with Gasteiger partial charge in [0.05, 0.1) is 12.5 Å². The second-order valence-corrected chi connectivity index (χ2v) is 5.90. The molecule has 0 saturated heterocycles. The van der Waals surface area contributed by atoms with Gasteiger partial charge in [-0.15, -0.1) is 0 Å². The maximum Gasteiger partial charge on any atom is 0.309 e. The molecule has 0 heterocycles. The lowest BCUT2D eigenvalue weighted by Crippen LogP contribution is -2.29. The number of rotatable bonds is 5. The zero-order chi connectivity index (χ0) is 15.6. The lowest BCUT2D eigenvalue weighted by molar-refractivity contribution is -0.147. The number of hydrogen-bond donors (Lipinski definition) is 2. The third-order valence-electron chi connectivity index (χ3n) is 3.85. The summed E-state index contributed by atoms with van der Waals surface area (Å²) in [4.78, 5) is 11.3. The minimum atomic E-state index is -0.861. The molecule has 0 amide bonds. The third-order valence-corrected chi connectivity index (χ3v) is 3.85. The predicted molar refractivity (Wildman–Crippen MR) is 83.5 cm³/mol. The van der Waals surface area contributed by atoms with Gasteiger partial charge >= 0.3 is 5.97 Å². The van der Waals surface area contributed by atoms with Gasteiger partial charge in [0.1, 0.15) is 5.75 Å². The summed E-state index contributed by atoms with van der Waals surface area (Å²) in [6.07, 6.45) is 0.374. The van der Waals surface area contributed by atoms with E-state index in [9.17, 15) is 9.90 Å². The first-order valence-electron chi connectivity index (χ1n) is 6.91. The van der Waals surface area contributed by atoms with Gasteiger partial charge in [-0.1, -0.05) is 30.3 Å². The highest BCUT2D eigenvalue weighted by Crippen LogP contribution is 2.35. The number of methoxy groups -OCH3 is 1. The fourth-order valence-electron chi connectivity index (χ4n) is 2.54. The third kappa shape index (κ3) is 3.00. The van der Waals surface area contributed by atoms with Gasteiger partial charge in [0, 0.05) is 11.4 Å². The van der Waals surface area contributed by atoms with Crippen LogP contribution >= 0.6 is 0 Å². The molecule has 112 valence electrons. The summed E-state index contributed by atoms with van der Waals surface area (Å²) >= 11 is 0. The van der Waals surface area contributed by atoms with Gasteiger partial charge in [-0.3, -0.25) is 4.79 Å². The molecule has 0 radical (unpaired) electrons. The molecule has 0 aliphatic rings. The summed E-state index contributed by atoms with van der Waals surface area (Å²) in [5.74, 6) is -0.0465. The van der Waals surface area contributed by atoms with Gasteiger partial charge in [0.25, 0.3) is 0 Å². The Morgan fingerprint density at radius 1 is 1.24 bits per heavy atom. The summed E-state index contributed by atoms with van der Waals surface area (Å²) in [6.45, 7) is 3.39. The Hall–Kier alpha value is -2.07. The Morgan fingerprint density at radius 3 is 2.43 bits per heavy atom. The van der Waals surface area contributed by atoms with E-state index in [1.165, 1.54) is 0 Å². The smallest absolute Gasteiger partial charge is 0.309 e. The number of nitrogens with two attached hydrogens (primary N) is 1. The van der Waals surface area contributed by atoms with E-state index in [1.807, 2.05) is 36.4 Å². The maximum absolute atomic E-state index is 11.3. The van der Waals surface area contributed by atoms with Crippen LogP contribution in [-0.4, -0.2) is 18.2 Å². The van der Waals surface area contributed by atoms with E-state index in [-0.39, 0.29) is 6.04 Å². The molecule has 1 unspecified atom stereocenters. The van der Waals surface area contributed by atoms with Crippen LogP contribution in [0, 0.1) is 5.41 Å². The van der Waals surface area contributed by atoms with Crippen LogP contribution in [0.25, 0.3) is 10.8 Å². The second kappa shape index (κ2) is 5.74. The minimum absolute atomic E-state index is 0.341. The average molecular weight is 287 g/mol. The molecule has 0 aromatic heterocycles. The number of carboxylic acid groups (broad SMARTS) is 1. The first kappa shape index (κ1) is 15.3. The number of ether oxygens (including phenoxy) is 1. The fourth-order valence-corrected chi connectivity index (χ4v) is 2.54. The van der Waals surface area contributed by atoms with Crippen molar-refractivity contribution >= 4 is 16.7 Å². The van der Waals surface area contributed by atoms with E-state index in [0.717, 1.165) is 22.1 Å². The van der Waals surface area contributed by atoms with Crippen molar-refractivity contribution in [2.75, 3.05) is 7.11 Å². The zero-order valence-electron chi connectivity index (χ0n) is 12.6. The van der Waals surface area contributed by atoms with Crippen LogP contribution in [0.2, 0.25) is 0 Å². The minimum Gasteiger partial charge on any atom is -0.496 e. The largest absolute Gasteiger partial charge is 0.496 e. The Kier molecular flexibility index (Phi) is 4.19. The SMILES string of the molecule is COc1ccc(C(N)CC(C)(C)C(=O)O)c2ccccc12. The second-order valence-electron chi connectivity index (χ2n) is 5.90. The van der Waals surface area contributed by atoms with Gasteiger partial charge in [-0.25, -0.2) is 0 Å². The van der Waals surface area contributed by atoms with Crippen molar-refractivity contribution in [1.82, 2.24) is 0 Å². The van der Waals surface area contributed by atoms with E-state index >= 15 is 0 Å². The summed E-state index contributed by atoms with van der Waals surface area (Å²) in [6, 6.07) is 11.3. The van der Waals surface area contributed by atoms with Crippen molar-refractivity contribution in [2.24, 2.45) is 11.1 Å². The van der Waals surface area contributed by atoms with E-state index < -0.39 is 11.4 Å². The highest BCUT2D eigenvalue weighted by molar-refractivity contribution is 5.91. The van der Waals surface area contributed by atoms with Crippen molar-refractivity contribution in [3.63, 3.8) is 0 Å². The Morgan fingerprint density at radius 2 is 1.86 bits per heavy atom. The number of fused-ring (bicyclic) bond motifs is 1. The summed E-state index contributed by atoms with van der Waals surface area (Å²) < 4.78 is 5.37. The molecule has 2 aromatic rings. The fraction of sp³-hybridized carbons (Fsp3) is 0.353. The number of benzene rings is 2. The topological polar surface area (TPSA) is 72.5 Å². The van der Waals surface area contributed by atoms with Crippen LogP contribution in [0.4, 0.5) is 0 Å². The van der Waals surface area contributed by atoms with Crippen molar-refractivity contribution < 1.29 is 14.6 Å². The highest BCUT2D eigenvalue weighted by Gasteiger charge is 2.30. The molecule has 3 N–H and O–H groups in total. The summed E-state index contributed by atoms with van der Waals surface area (Å²) in [5, 5.41) is 11.2. The van der Waals surface area contributed by atoms with Crippen LogP contribution in [0.5, 0.6) is 5.75 Å². The molecule has 1 atom stereocenters. The van der Waals surface area contributed by atoms with Gasteiger partial charge in [0.15, 0.2) is 0 Å². The van der Waals surface area contributed by atoms with Crippen molar-refractivity contribution in [1.29, 1.82) is 0 Å². The number of carbonyl (C=O) groups is 1. The molecule has 4 nitrogen and oxygen atoms in total. The van der Waals surface area contributed by atoms with Crippen LogP contribution in [0.3, 0.4) is 0 Å². The lowest BCUT2D eigenvalue weighted by Gasteiger charge is -2.24. The Balaban J connectivity index is 2.45. The highest BCUT2D eigenvalue weighted by atomic mass is 16.5. The number of aliphatic carboxylic acids is 1. The summed E-state index contributed by atoms with van der Waals surface area (Å²) in [5.41, 5.74) is 6.36. The number of carboxylic acids is 1.